The average Bonchev–Trinajstić information content (AvgIpc) is 2.27. The lowest BCUT2D eigenvalue weighted by Gasteiger charge is -2.10. The van der Waals surface area contributed by atoms with Gasteiger partial charge in [-0.25, -0.2) is 0 Å². The monoisotopic (exact) mass is 212 g/mol. The van der Waals surface area contributed by atoms with E-state index in [0.29, 0.717) is 22.6 Å². The van der Waals surface area contributed by atoms with Crippen molar-refractivity contribution in [3.63, 3.8) is 0 Å². The largest absolute Gasteiger partial charge is 0.497 e. The van der Waals surface area contributed by atoms with E-state index in [1.165, 1.54) is 0 Å². The Morgan fingerprint density at radius 3 is 1.62 bits per heavy atom. The van der Waals surface area contributed by atoms with E-state index in [2.05, 4.69) is 0 Å². The van der Waals surface area contributed by atoms with Crippen LogP contribution in [0.15, 0.2) is 24.3 Å². The van der Waals surface area contributed by atoms with Gasteiger partial charge in [0, 0.05) is 0 Å². The molecule has 80 valence electrons. The number of fused-ring (bicyclic) bond motifs is 1. The molecule has 4 radical (unpaired) electrons. The summed E-state index contributed by atoms with van der Waals surface area (Å²) in [5, 5.41) is 1.75. The number of hydrogen-bond donors (Lipinski definition) is 0. The number of ether oxygens (including phenoxy) is 2. The highest BCUT2D eigenvalue weighted by atomic mass is 16.5. The van der Waals surface area contributed by atoms with Gasteiger partial charge in [-0.2, -0.15) is 0 Å². The van der Waals surface area contributed by atoms with Gasteiger partial charge in [-0.3, -0.25) is 0 Å². The summed E-state index contributed by atoms with van der Waals surface area (Å²) in [5.74, 6) is 1.41. The van der Waals surface area contributed by atoms with E-state index in [1.807, 2.05) is 12.1 Å². The molecule has 0 heterocycles. The SMILES string of the molecule is [CH]c1cc(OC)cc2cc(OC)cc([CH])c12. The molecule has 0 unspecified atom stereocenters. The quantitative estimate of drug-likeness (QED) is 0.762. The standard InChI is InChI=1S/C14H12O2/c1-9-5-12(15-3)7-11-8-13(16-4)6-10(2)14(9)11/h1-2,5-8H,3-4H3. The van der Waals surface area contributed by atoms with Gasteiger partial charge in [0.15, 0.2) is 0 Å². The highest BCUT2D eigenvalue weighted by Crippen LogP contribution is 2.30. The molecule has 0 aliphatic carbocycles. The minimum absolute atomic E-state index is 0.606. The molecular formula is C14H12O2. The lowest BCUT2D eigenvalue weighted by atomic mass is 10.00. The highest BCUT2D eigenvalue weighted by molar-refractivity contribution is 5.92. The highest BCUT2D eigenvalue weighted by Gasteiger charge is 2.06. The van der Waals surface area contributed by atoms with Gasteiger partial charge in [0.2, 0.25) is 0 Å². The first-order chi connectivity index (χ1) is 7.65. The number of benzene rings is 2. The lowest BCUT2D eigenvalue weighted by molar-refractivity contribution is 0.413. The molecule has 2 rings (SSSR count). The number of rotatable bonds is 2. The average molecular weight is 212 g/mol. The maximum atomic E-state index is 5.92. The van der Waals surface area contributed by atoms with Crippen LogP contribution in [0, 0.1) is 13.8 Å². The Morgan fingerprint density at radius 2 is 1.25 bits per heavy atom. The van der Waals surface area contributed by atoms with Gasteiger partial charge in [-0.15, -0.1) is 0 Å². The van der Waals surface area contributed by atoms with Crippen molar-refractivity contribution < 1.29 is 9.47 Å². The van der Waals surface area contributed by atoms with Crippen LogP contribution in [0.3, 0.4) is 0 Å². The first-order valence-corrected chi connectivity index (χ1v) is 4.86. The van der Waals surface area contributed by atoms with Crippen LogP contribution in [0.5, 0.6) is 11.5 Å². The number of hydrogen-bond acceptors (Lipinski definition) is 2. The van der Waals surface area contributed by atoms with Crippen molar-refractivity contribution in [1.82, 2.24) is 0 Å². The van der Waals surface area contributed by atoms with Crippen molar-refractivity contribution in [1.29, 1.82) is 0 Å². The predicted octanol–water partition coefficient (Wildman–Crippen LogP) is 2.98. The Labute approximate surface area is 95.8 Å². The van der Waals surface area contributed by atoms with Gasteiger partial charge in [-0.1, -0.05) is 0 Å². The van der Waals surface area contributed by atoms with Crippen molar-refractivity contribution in [2.75, 3.05) is 14.2 Å². The van der Waals surface area contributed by atoms with Gasteiger partial charge in [0.1, 0.15) is 11.5 Å². The molecule has 2 aromatic carbocycles. The predicted molar refractivity (Wildman–Crippen MR) is 63.9 cm³/mol. The third-order valence-corrected chi connectivity index (χ3v) is 2.53. The van der Waals surface area contributed by atoms with Crippen LogP contribution < -0.4 is 9.47 Å². The van der Waals surface area contributed by atoms with E-state index in [4.69, 9.17) is 23.3 Å². The van der Waals surface area contributed by atoms with Crippen LogP contribution in [-0.4, -0.2) is 14.2 Å². The Hall–Kier alpha value is -1.70. The van der Waals surface area contributed by atoms with Crippen molar-refractivity contribution in [2.24, 2.45) is 0 Å². The lowest BCUT2D eigenvalue weighted by Crippen LogP contribution is -1.90. The molecular weight excluding hydrogens is 200 g/mol. The Bertz CT molecular complexity index is 485. The molecule has 0 aliphatic rings. The molecule has 0 bridgehead atoms. The molecule has 2 heteroatoms. The first kappa shape index (κ1) is 10.8. The van der Waals surface area contributed by atoms with E-state index in [-0.39, 0.29) is 0 Å². The van der Waals surface area contributed by atoms with Crippen molar-refractivity contribution in [3.05, 3.63) is 49.2 Å². The van der Waals surface area contributed by atoms with Crippen molar-refractivity contribution in [3.8, 4) is 11.5 Å². The molecule has 0 N–H and O–H groups in total. The second-order valence-electron chi connectivity index (χ2n) is 3.53. The zero-order valence-electron chi connectivity index (χ0n) is 9.28. The summed E-state index contributed by atoms with van der Waals surface area (Å²) in [5.41, 5.74) is 1.21. The molecule has 0 spiro atoms. The third kappa shape index (κ3) is 1.71. The van der Waals surface area contributed by atoms with E-state index < -0.39 is 0 Å². The zero-order chi connectivity index (χ0) is 11.7. The second-order valence-corrected chi connectivity index (χ2v) is 3.53. The fourth-order valence-electron chi connectivity index (χ4n) is 1.76. The van der Waals surface area contributed by atoms with Gasteiger partial charge < -0.3 is 9.47 Å². The number of methoxy groups -OCH3 is 2. The maximum Gasteiger partial charge on any atom is 0.119 e. The fourth-order valence-corrected chi connectivity index (χ4v) is 1.76. The summed E-state index contributed by atoms with van der Waals surface area (Å²) in [6, 6.07) is 7.27. The molecule has 2 nitrogen and oxygen atoms in total. The first-order valence-electron chi connectivity index (χ1n) is 4.86. The molecule has 0 amide bonds. The van der Waals surface area contributed by atoms with E-state index in [0.717, 1.165) is 10.8 Å². The summed E-state index contributed by atoms with van der Waals surface area (Å²) in [6.45, 7) is 11.8. The maximum absolute atomic E-state index is 5.92. The van der Waals surface area contributed by atoms with Crippen molar-refractivity contribution in [2.45, 2.75) is 0 Å². The summed E-state index contributed by atoms with van der Waals surface area (Å²) >= 11 is 0. The molecule has 2 aromatic rings. The summed E-state index contributed by atoms with van der Waals surface area (Å²) in [4.78, 5) is 0. The molecule has 0 aliphatic heterocycles. The topological polar surface area (TPSA) is 18.5 Å². The van der Waals surface area contributed by atoms with E-state index in [9.17, 15) is 0 Å². The Kier molecular flexibility index (Phi) is 2.73. The molecule has 0 fully saturated rings. The van der Waals surface area contributed by atoms with Crippen LogP contribution in [0.1, 0.15) is 11.1 Å². The second kappa shape index (κ2) is 4.05. The molecule has 0 atom stereocenters. The normalized spacial score (nSPS) is 10.5. The van der Waals surface area contributed by atoms with E-state index >= 15 is 0 Å². The Balaban J connectivity index is 2.79. The molecule has 0 aromatic heterocycles. The van der Waals surface area contributed by atoms with Crippen LogP contribution in [0.25, 0.3) is 10.8 Å². The Morgan fingerprint density at radius 1 is 0.812 bits per heavy atom. The third-order valence-electron chi connectivity index (χ3n) is 2.53. The van der Waals surface area contributed by atoms with Crippen LogP contribution in [-0.2, 0) is 0 Å². The van der Waals surface area contributed by atoms with E-state index in [1.54, 1.807) is 26.4 Å². The zero-order valence-corrected chi connectivity index (χ0v) is 9.28. The van der Waals surface area contributed by atoms with Gasteiger partial charge in [0.25, 0.3) is 0 Å². The summed E-state index contributed by atoms with van der Waals surface area (Å²) in [6.07, 6.45) is 0. The fraction of sp³-hybridized carbons (Fsp3) is 0.143. The van der Waals surface area contributed by atoms with Crippen LogP contribution in [0.2, 0.25) is 0 Å². The van der Waals surface area contributed by atoms with Gasteiger partial charge in [-0.05, 0) is 60.0 Å². The smallest absolute Gasteiger partial charge is 0.119 e. The van der Waals surface area contributed by atoms with Crippen LogP contribution in [0.4, 0.5) is 0 Å². The van der Waals surface area contributed by atoms with Gasteiger partial charge in [0.05, 0.1) is 14.2 Å². The minimum atomic E-state index is 0.606. The minimum Gasteiger partial charge on any atom is -0.497 e. The summed E-state index contributed by atoms with van der Waals surface area (Å²) in [7, 11) is 3.20. The van der Waals surface area contributed by atoms with Crippen LogP contribution >= 0.6 is 0 Å². The van der Waals surface area contributed by atoms with Crippen molar-refractivity contribution >= 4 is 10.8 Å². The molecule has 0 saturated heterocycles. The molecule has 0 saturated carbocycles. The summed E-state index contributed by atoms with van der Waals surface area (Å²) < 4.78 is 10.3. The van der Waals surface area contributed by atoms with Gasteiger partial charge >= 0.3 is 0 Å². The molecule has 16 heavy (non-hydrogen) atoms.